The van der Waals surface area contributed by atoms with Gasteiger partial charge in [0, 0.05) is 22.0 Å². The van der Waals surface area contributed by atoms with Crippen molar-refractivity contribution in [1.29, 1.82) is 0 Å². The number of carbonyl (C=O) groups is 2. The van der Waals surface area contributed by atoms with E-state index >= 15 is 0 Å². The number of halogens is 4. The smallest absolute Gasteiger partial charge is 0.323 e. The fourth-order valence-electron chi connectivity index (χ4n) is 2.45. The Morgan fingerprint density at radius 2 is 1.22 bits per heavy atom. The van der Waals surface area contributed by atoms with Gasteiger partial charge in [0.05, 0.1) is 24.3 Å². The van der Waals surface area contributed by atoms with Crippen LogP contribution in [0.1, 0.15) is 0 Å². The molecule has 1 heterocycles. The third kappa shape index (κ3) is 7.65. The van der Waals surface area contributed by atoms with E-state index in [2.05, 4.69) is 15.0 Å². The van der Waals surface area contributed by atoms with Gasteiger partial charge in [0.15, 0.2) is 13.2 Å². The Hall–Kier alpha value is -2.70. The summed E-state index contributed by atoms with van der Waals surface area (Å²) in [4.78, 5) is 38.0. The Morgan fingerprint density at radius 3 is 1.61 bits per heavy atom. The monoisotopic (exact) mass is 592 g/mol. The lowest BCUT2D eigenvalue weighted by Crippen LogP contribution is -2.37. The molecule has 0 aliphatic rings. The van der Waals surface area contributed by atoms with Gasteiger partial charge in [-0.25, -0.2) is 4.31 Å². The molecule has 0 fully saturated rings. The number of rotatable bonds is 10. The van der Waals surface area contributed by atoms with Gasteiger partial charge in [0.2, 0.25) is 5.16 Å². The maximum absolute atomic E-state index is 13.0. The molecule has 0 atom stereocenters. The van der Waals surface area contributed by atoms with Crippen molar-refractivity contribution in [1.82, 2.24) is 19.3 Å². The van der Waals surface area contributed by atoms with Gasteiger partial charge in [0.25, 0.3) is 11.8 Å². The van der Waals surface area contributed by atoms with Gasteiger partial charge < -0.3 is 18.9 Å². The lowest BCUT2D eigenvalue weighted by Gasteiger charge is -2.19. The minimum atomic E-state index is -0.764. The van der Waals surface area contributed by atoms with Crippen LogP contribution in [-0.4, -0.2) is 58.5 Å². The summed E-state index contributed by atoms with van der Waals surface area (Å²) < 4.78 is 21.8. The van der Waals surface area contributed by atoms with E-state index in [9.17, 15) is 9.59 Å². The summed E-state index contributed by atoms with van der Waals surface area (Å²) in [5, 5.41) is 1.10. The van der Waals surface area contributed by atoms with Crippen molar-refractivity contribution in [2.24, 2.45) is 0 Å². The predicted molar refractivity (Wildman–Crippen MR) is 135 cm³/mol. The second kappa shape index (κ2) is 13.0. The average molecular weight is 594 g/mol. The van der Waals surface area contributed by atoms with Crippen molar-refractivity contribution in [3.05, 3.63) is 56.5 Å². The molecule has 2 aromatic carbocycles. The van der Waals surface area contributed by atoms with Crippen molar-refractivity contribution >= 4 is 70.2 Å². The first kappa shape index (κ1) is 27.9. The highest BCUT2D eigenvalue weighted by Gasteiger charge is 2.27. The zero-order valence-corrected chi connectivity index (χ0v) is 22.4. The number of carbonyl (C=O) groups excluding carboxylic acids is 2. The van der Waals surface area contributed by atoms with E-state index in [0.29, 0.717) is 22.0 Å². The van der Waals surface area contributed by atoms with Crippen LogP contribution in [0.25, 0.3) is 0 Å². The third-order valence-electron chi connectivity index (χ3n) is 4.06. The minimum absolute atomic E-state index is 0.0607. The number of ether oxygens (including phenoxy) is 4. The second-order valence-corrected chi connectivity index (χ2v) is 9.09. The highest BCUT2D eigenvalue weighted by atomic mass is 35.5. The summed E-state index contributed by atoms with van der Waals surface area (Å²) in [5.41, 5.74) is 0. The van der Waals surface area contributed by atoms with Gasteiger partial charge in [-0.1, -0.05) is 46.4 Å². The summed E-state index contributed by atoms with van der Waals surface area (Å²) in [6, 6.07) is 8.79. The molecule has 0 aliphatic carbocycles. The number of hydrogen-bond acceptors (Lipinski definition) is 10. The van der Waals surface area contributed by atoms with Crippen LogP contribution >= 0.6 is 58.4 Å². The van der Waals surface area contributed by atoms with Gasteiger partial charge >= 0.3 is 12.0 Å². The molecule has 2 amide bonds. The van der Waals surface area contributed by atoms with Gasteiger partial charge in [-0.2, -0.15) is 9.97 Å². The van der Waals surface area contributed by atoms with E-state index in [-0.39, 0.29) is 38.7 Å². The summed E-state index contributed by atoms with van der Waals surface area (Å²) >= 11 is 24.5. The molecule has 0 saturated heterocycles. The maximum atomic E-state index is 13.0. The first-order chi connectivity index (χ1) is 17.2. The highest BCUT2D eigenvalue weighted by Crippen LogP contribution is 2.30. The summed E-state index contributed by atoms with van der Waals surface area (Å²) in [6.45, 7) is -1.11. The molecule has 190 valence electrons. The Labute approximate surface area is 229 Å². The molecule has 1 aromatic heterocycles. The SMILES string of the molecule is COc1nc(OC)nc(SN(C(=O)COc2ccc(Cl)cc2Cl)C(=O)COc2ccc(Cl)cc2Cl)n1. The summed E-state index contributed by atoms with van der Waals surface area (Å²) in [5.74, 6) is -1.14. The average Bonchev–Trinajstić information content (AvgIpc) is 2.85. The molecule has 36 heavy (non-hydrogen) atoms. The number of aromatic nitrogens is 3. The maximum Gasteiger partial charge on any atom is 0.323 e. The second-order valence-electron chi connectivity index (χ2n) is 6.49. The first-order valence-electron chi connectivity index (χ1n) is 9.73. The molecule has 0 radical (unpaired) electrons. The lowest BCUT2D eigenvalue weighted by atomic mass is 10.3. The van der Waals surface area contributed by atoms with Crippen LogP contribution in [0.5, 0.6) is 23.5 Å². The molecule has 3 aromatic rings. The lowest BCUT2D eigenvalue weighted by molar-refractivity contribution is -0.140. The zero-order valence-electron chi connectivity index (χ0n) is 18.5. The Kier molecular flexibility index (Phi) is 10.1. The number of imide groups is 1. The van der Waals surface area contributed by atoms with E-state index in [1.807, 2.05) is 0 Å². The predicted octanol–water partition coefficient (Wildman–Crippen LogP) is 5.02. The van der Waals surface area contributed by atoms with E-state index in [0.717, 1.165) is 4.31 Å². The van der Waals surface area contributed by atoms with Gasteiger partial charge in [-0.05, 0) is 36.4 Å². The van der Waals surface area contributed by atoms with Crippen molar-refractivity contribution in [2.45, 2.75) is 5.16 Å². The summed E-state index contributed by atoms with van der Waals surface area (Å²) in [7, 11) is 2.68. The molecule has 0 unspecified atom stereocenters. The number of benzene rings is 2. The number of nitrogens with zero attached hydrogens (tertiary/aromatic N) is 4. The first-order valence-corrected chi connectivity index (χ1v) is 12.0. The third-order valence-corrected chi connectivity index (χ3v) is 6.05. The number of methoxy groups -OCH3 is 2. The van der Waals surface area contributed by atoms with Crippen LogP contribution < -0.4 is 18.9 Å². The fraction of sp³-hybridized carbons (Fsp3) is 0.190. The largest absolute Gasteiger partial charge is 0.482 e. The molecular weight excluding hydrogens is 578 g/mol. The molecule has 0 spiro atoms. The zero-order chi connectivity index (χ0) is 26.2. The molecule has 0 bridgehead atoms. The quantitative estimate of drug-likeness (QED) is 0.297. The van der Waals surface area contributed by atoms with Crippen molar-refractivity contribution in [3.8, 4) is 23.5 Å². The summed E-state index contributed by atoms with van der Waals surface area (Å²) in [6.07, 6.45) is 0. The molecule has 3 rings (SSSR count). The normalized spacial score (nSPS) is 10.5. The standard InChI is InChI=1S/C21H16Cl4N4O6S/c1-32-19-26-20(33-2)28-21(27-19)36-29(17(30)9-34-15-5-3-11(22)7-13(15)24)18(31)10-35-16-6-4-12(23)8-14(16)25/h3-8H,9-10H2,1-2H3. The van der Waals surface area contributed by atoms with E-state index in [4.69, 9.17) is 65.4 Å². The van der Waals surface area contributed by atoms with E-state index < -0.39 is 25.0 Å². The van der Waals surface area contributed by atoms with Gasteiger partial charge in [-0.15, -0.1) is 4.98 Å². The molecule has 0 aliphatic heterocycles. The van der Waals surface area contributed by atoms with E-state index in [1.165, 1.54) is 50.6 Å². The topological polar surface area (TPSA) is 113 Å². The van der Waals surface area contributed by atoms with Gasteiger partial charge in [0.1, 0.15) is 11.5 Å². The van der Waals surface area contributed by atoms with Gasteiger partial charge in [-0.3, -0.25) is 9.59 Å². The highest BCUT2D eigenvalue weighted by molar-refractivity contribution is 7.97. The molecule has 15 heteroatoms. The Balaban J connectivity index is 1.80. The number of amides is 2. The van der Waals surface area contributed by atoms with E-state index in [1.54, 1.807) is 0 Å². The van der Waals surface area contributed by atoms with Crippen LogP contribution in [0, 0.1) is 0 Å². The fourth-order valence-corrected chi connectivity index (χ4v) is 4.08. The Bertz CT molecular complexity index is 1180. The Morgan fingerprint density at radius 1 is 0.778 bits per heavy atom. The van der Waals surface area contributed by atoms with Crippen LogP contribution in [0.3, 0.4) is 0 Å². The number of hydrogen-bond donors (Lipinski definition) is 0. The molecular formula is C21H16Cl4N4O6S. The van der Waals surface area contributed by atoms with Crippen molar-refractivity contribution in [2.75, 3.05) is 27.4 Å². The molecule has 10 nitrogen and oxygen atoms in total. The molecule has 0 N–H and O–H groups in total. The van der Waals surface area contributed by atoms with Crippen LogP contribution in [0.15, 0.2) is 41.6 Å². The van der Waals surface area contributed by atoms with Crippen LogP contribution in [0.4, 0.5) is 0 Å². The van der Waals surface area contributed by atoms with Crippen molar-refractivity contribution < 1.29 is 28.5 Å². The van der Waals surface area contributed by atoms with Crippen LogP contribution in [-0.2, 0) is 9.59 Å². The minimum Gasteiger partial charge on any atom is -0.482 e. The van der Waals surface area contributed by atoms with Crippen LogP contribution in [0.2, 0.25) is 20.1 Å². The molecule has 0 saturated carbocycles. The van der Waals surface area contributed by atoms with Crippen molar-refractivity contribution in [3.63, 3.8) is 0 Å².